The van der Waals surface area contributed by atoms with Crippen LogP contribution in [0.25, 0.3) is 0 Å². The fourth-order valence-corrected chi connectivity index (χ4v) is 2.73. The molecule has 1 fully saturated rings. The van der Waals surface area contributed by atoms with Gasteiger partial charge >= 0.3 is 0 Å². The highest BCUT2D eigenvalue weighted by atomic mass is 15.2. The Hall–Kier alpha value is -0.970. The predicted molar refractivity (Wildman–Crippen MR) is 83.6 cm³/mol. The van der Waals surface area contributed by atoms with Crippen molar-refractivity contribution in [1.29, 1.82) is 0 Å². The maximum absolute atomic E-state index is 5.95. The zero-order chi connectivity index (χ0) is 14.4. The van der Waals surface area contributed by atoms with Gasteiger partial charge in [-0.15, -0.1) is 0 Å². The Kier molecular flexibility index (Phi) is 5.95. The van der Waals surface area contributed by atoms with Crippen molar-refractivity contribution in [2.24, 2.45) is 5.73 Å². The average molecular weight is 276 g/mol. The van der Waals surface area contributed by atoms with Crippen molar-refractivity contribution in [3.05, 3.63) is 29.6 Å². The van der Waals surface area contributed by atoms with Crippen LogP contribution in [0.15, 0.2) is 18.2 Å². The molecule has 1 aliphatic heterocycles. The number of hydrogen-bond acceptors (Lipinski definition) is 4. The smallest absolute Gasteiger partial charge is 0.0547 e. The standard InChI is InChI=1S/C16H28N4/c1-3-19(13-16-6-4-5-14(2)18-16)11-12-20-9-7-15(17)8-10-20/h4-6,15H,3,7-13,17H2,1-2H3. The minimum absolute atomic E-state index is 0.421. The third kappa shape index (κ3) is 4.85. The first-order valence-electron chi connectivity index (χ1n) is 7.80. The molecule has 2 heterocycles. The quantitative estimate of drug-likeness (QED) is 0.858. The molecule has 2 N–H and O–H groups in total. The molecular weight excluding hydrogens is 248 g/mol. The van der Waals surface area contributed by atoms with E-state index in [9.17, 15) is 0 Å². The van der Waals surface area contributed by atoms with Gasteiger partial charge in [0.2, 0.25) is 0 Å². The summed E-state index contributed by atoms with van der Waals surface area (Å²) in [5.74, 6) is 0. The topological polar surface area (TPSA) is 45.4 Å². The van der Waals surface area contributed by atoms with Crippen LogP contribution in [0.2, 0.25) is 0 Å². The van der Waals surface area contributed by atoms with Gasteiger partial charge in [0.05, 0.1) is 5.69 Å². The third-order valence-electron chi connectivity index (χ3n) is 4.14. The highest BCUT2D eigenvalue weighted by Gasteiger charge is 2.16. The number of nitrogens with two attached hydrogens (primary N) is 1. The molecule has 1 saturated heterocycles. The van der Waals surface area contributed by atoms with Gasteiger partial charge in [0.25, 0.3) is 0 Å². The molecule has 1 aromatic heterocycles. The zero-order valence-electron chi connectivity index (χ0n) is 12.9. The van der Waals surface area contributed by atoms with Gasteiger partial charge in [-0.2, -0.15) is 0 Å². The molecule has 2 rings (SSSR count). The van der Waals surface area contributed by atoms with Crippen LogP contribution in [0.4, 0.5) is 0 Å². The monoisotopic (exact) mass is 276 g/mol. The summed E-state index contributed by atoms with van der Waals surface area (Å²) in [7, 11) is 0. The second-order valence-corrected chi connectivity index (χ2v) is 5.82. The van der Waals surface area contributed by atoms with E-state index in [0.29, 0.717) is 6.04 Å². The minimum Gasteiger partial charge on any atom is -0.328 e. The van der Waals surface area contributed by atoms with E-state index >= 15 is 0 Å². The number of likely N-dealkylation sites (tertiary alicyclic amines) is 1. The summed E-state index contributed by atoms with van der Waals surface area (Å²) in [5, 5.41) is 0. The van der Waals surface area contributed by atoms with E-state index in [2.05, 4.69) is 46.8 Å². The SMILES string of the molecule is CCN(CCN1CCC(N)CC1)Cc1cccc(C)n1. The number of pyridine rings is 1. The van der Waals surface area contributed by atoms with Gasteiger partial charge in [0.15, 0.2) is 0 Å². The van der Waals surface area contributed by atoms with Crippen molar-refractivity contribution >= 4 is 0 Å². The molecule has 0 saturated carbocycles. The second-order valence-electron chi connectivity index (χ2n) is 5.82. The fourth-order valence-electron chi connectivity index (χ4n) is 2.73. The van der Waals surface area contributed by atoms with Crippen molar-refractivity contribution < 1.29 is 0 Å². The first-order valence-corrected chi connectivity index (χ1v) is 7.80. The number of likely N-dealkylation sites (N-methyl/N-ethyl adjacent to an activating group) is 1. The summed E-state index contributed by atoms with van der Waals surface area (Å²) in [6, 6.07) is 6.69. The van der Waals surface area contributed by atoms with Crippen LogP contribution in [0.5, 0.6) is 0 Å². The molecule has 0 amide bonds. The van der Waals surface area contributed by atoms with Crippen molar-refractivity contribution in [1.82, 2.24) is 14.8 Å². The molecule has 0 unspecified atom stereocenters. The summed E-state index contributed by atoms with van der Waals surface area (Å²) in [6.07, 6.45) is 2.29. The lowest BCUT2D eigenvalue weighted by molar-refractivity contribution is 0.172. The highest BCUT2D eigenvalue weighted by Crippen LogP contribution is 2.09. The van der Waals surface area contributed by atoms with Crippen LogP contribution >= 0.6 is 0 Å². The molecule has 4 nitrogen and oxygen atoms in total. The first kappa shape index (κ1) is 15.4. The molecule has 112 valence electrons. The first-order chi connectivity index (χ1) is 9.67. The maximum Gasteiger partial charge on any atom is 0.0547 e. The van der Waals surface area contributed by atoms with E-state index in [1.165, 1.54) is 5.69 Å². The molecule has 4 heteroatoms. The van der Waals surface area contributed by atoms with E-state index in [1.54, 1.807) is 0 Å². The van der Waals surface area contributed by atoms with Crippen LogP contribution in [0.1, 0.15) is 31.2 Å². The summed E-state index contributed by atoms with van der Waals surface area (Å²) < 4.78 is 0. The highest BCUT2D eigenvalue weighted by molar-refractivity contribution is 5.09. The normalized spacial score (nSPS) is 17.8. The van der Waals surface area contributed by atoms with Crippen molar-refractivity contribution in [3.63, 3.8) is 0 Å². The van der Waals surface area contributed by atoms with Crippen molar-refractivity contribution in [3.8, 4) is 0 Å². The van der Waals surface area contributed by atoms with Gasteiger partial charge in [-0.3, -0.25) is 9.88 Å². The summed E-state index contributed by atoms with van der Waals surface area (Å²) in [4.78, 5) is 9.60. The Bertz CT molecular complexity index is 399. The zero-order valence-corrected chi connectivity index (χ0v) is 12.9. The lowest BCUT2D eigenvalue weighted by Crippen LogP contribution is -2.43. The predicted octanol–water partition coefficient (Wildman–Crippen LogP) is 1.64. The van der Waals surface area contributed by atoms with Gasteiger partial charge in [0, 0.05) is 31.4 Å². The average Bonchev–Trinajstić information content (AvgIpc) is 2.45. The van der Waals surface area contributed by atoms with Gasteiger partial charge in [-0.25, -0.2) is 0 Å². The van der Waals surface area contributed by atoms with Crippen LogP contribution < -0.4 is 5.73 Å². The van der Waals surface area contributed by atoms with Gasteiger partial charge in [-0.05, 0) is 51.5 Å². The number of nitrogens with zero attached hydrogens (tertiary/aromatic N) is 3. The number of piperidine rings is 1. The Morgan fingerprint density at radius 2 is 2.10 bits per heavy atom. The van der Waals surface area contributed by atoms with E-state index < -0.39 is 0 Å². The molecule has 0 radical (unpaired) electrons. The Labute approximate surface area is 123 Å². The van der Waals surface area contributed by atoms with Gasteiger partial charge in [-0.1, -0.05) is 13.0 Å². The molecule has 0 aliphatic carbocycles. The molecular formula is C16H28N4. The minimum atomic E-state index is 0.421. The molecule has 1 aromatic rings. The number of rotatable bonds is 6. The summed E-state index contributed by atoms with van der Waals surface area (Å²) >= 11 is 0. The lowest BCUT2D eigenvalue weighted by Gasteiger charge is -2.32. The molecule has 20 heavy (non-hydrogen) atoms. The summed E-state index contributed by atoms with van der Waals surface area (Å²) in [6.45, 7) is 10.9. The van der Waals surface area contributed by atoms with Crippen LogP contribution in [0.3, 0.4) is 0 Å². The molecule has 0 spiro atoms. The van der Waals surface area contributed by atoms with E-state index in [4.69, 9.17) is 5.73 Å². The Morgan fingerprint density at radius 3 is 2.75 bits per heavy atom. The molecule has 0 bridgehead atoms. The number of aromatic nitrogens is 1. The maximum atomic E-state index is 5.95. The second kappa shape index (κ2) is 7.72. The van der Waals surface area contributed by atoms with E-state index in [-0.39, 0.29) is 0 Å². The molecule has 1 aliphatic rings. The van der Waals surface area contributed by atoms with Crippen molar-refractivity contribution in [2.45, 2.75) is 39.3 Å². The lowest BCUT2D eigenvalue weighted by atomic mass is 10.1. The fraction of sp³-hybridized carbons (Fsp3) is 0.688. The number of hydrogen-bond donors (Lipinski definition) is 1. The van der Waals surface area contributed by atoms with Crippen LogP contribution in [-0.2, 0) is 6.54 Å². The van der Waals surface area contributed by atoms with E-state index in [0.717, 1.165) is 57.8 Å². The van der Waals surface area contributed by atoms with Gasteiger partial charge in [0.1, 0.15) is 0 Å². The Morgan fingerprint density at radius 1 is 1.35 bits per heavy atom. The molecule has 0 aromatic carbocycles. The Balaban J connectivity index is 1.77. The largest absolute Gasteiger partial charge is 0.328 e. The van der Waals surface area contributed by atoms with Crippen LogP contribution in [-0.4, -0.2) is 53.5 Å². The van der Waals surface area contributed by atoms with E-state index in [1.807, 2.05) is 0 Å². The van der Waals surface area contributed by atoms with Gasteiger partial charge < -0.3 is 10.6 Å². The van der Waals surface area contributed by atoms with Crippen LogP contribution in [0, 0.1) is 6.92 Å². The molecule has 0 atom stereocenters. The summed E-state index contributed by atoms with van der Waals surface area (Å²) in [5.41, 5.74) is 8.22. The number of aryl methyl sites for hydroxylation is 1. The third-order valence-corrected chi connectivity index (χ3v) is 4.14. The van der Waals surface area contributed by atoms with Crippen molar-refractivity contribution in [2.75, 3.05) is 32.7 Å².